The van der Waals surface area contributed by atoms with E-state index in [2.05, 4.69) is 11.9 Å². The third-order valence-corrected chi connectivity index (χ3v) is 3.91. The number of hydrogen-bond donors (Lipinski definition) is 1. The van der Waals surface area contributed by atoms with Crippen LogP contribution in [0.25, 0.3) is 0 Å². The molecule has 1 N–H and O–H groups in total. The lowest BCUT2D eigenvalue weighted by Gasteiger charge is -2.17. The molecule has 0 heterocycles. The number of amides is 1. The number of sulfonamides is 1. The third kappa shape index (κ3) is 5.54. The van der Waals surface area contributed by atoms with E-state index < -0.39 is 10.0 Å². The summed E-state index contributed by atoms with van der Waals surface area (Å²) in [7, 11) is -3.41. The lowest BCUT2D eigenvalue weighted by Crippen LogP contribution is -2.40. The average Bonchev–Trinajstić information content (AvgIpc) is 2.35. The number of aryl methyl sites for hydroxylation is 1. The molecule has 1 rings (SSSR count). The fourth-order valence-electron chi connectivity index (χ4n) is 1.70. The number of rotatable bonds is 7. The van der Waals surface area contributed by atoms with Crippen molar-refractivity contribution in [2.75, 3.05) is 19.3 Å². The molecule has 0 aliphatic carbocycles. The molecule has 0 aromatic heterocycles. The molecule has 0 fully saturated rings. The SMILES string of the molecule is C=CCN(CC(=O)NCc1cccc(C)c1)S(C)(=O)=O. The highest BCUT2D eigenvalue weighted by atomic mass is 32.2. The van der Waals surface area contributed by atoms with Crippen molar-refractivity contribution in [3.63, 3.8) is 0 Å². The van der Waals surface area contributed by atoms with Gasteiger partial charge in [0.05, 0.1) is 12.8 Å². The zero-order chi connectivity index (χ0) is 15.2. The van der Waals surface area contributed by atoms with E-state index in [1.807, 2.05) is 31.2 Å². The molecule has 0 bridgehead atoms. The Kier molecular flexibility index (Phi) is 5.91. The molecule has 0 saturated heterocycles. The molecule has 0 radical (unpaired) electrons. The summed E-state index contributed by atoms with van der Waals surface area (Å²) in [5.74, 6) is -0.334. The topological polar surface area (TPSA) is 66.5 Å². The molecule has 1 aromatic rings. The van der Waals surface area contributed by atoms with Gasteiger partial charge in [-0.1, -0.05) is 35.9 Å². The molecule has 1 amide bonds. The van der Waals surface area contributed by atoms with Crippen LogP contribution in [-0.4, -0.2) is 38.0 Å². The van der Waals surface area contributed by atoms with Gasteiger partial charge in [-0.25, -0.2) is 8.42 Å². The Morgan fingerprint density at radius 3 is 2.70 bits per heavy atom. The molecular formula is C14H20N2O3S. The lowest BCUT2D eigenvalue weighted by atomic mass is 10.1. The Hall–Kier alpha value is -1.66. The normalized spacial score (nSPS) is 11.3. The van der Waals surface area contributed by atoms with Gasteiger partial charge in [0, 0.05) is 13.1 Å². The van der Waals surface area contributed by atoms with Crippen LogP contribution in [0.1, 0.15) is 11.1 Å². The first-order chi connectivity index (χ1) is 9.32. The Labute approximate surface area is 120 Å². The lowest BCUT2D eigenvalue weighted by molar-refractivity contribution is -0.121. The van der Waals surface area contributed by atoms with Gasteiger partial charge in [0.25, 0.3) is 0 Å². The van der Waals surface area contributed by atoms with Crippen LogP contribution in [0, 0.1) is 6.92 Å². The van der Waals surface area contributed by atoms with E-state index in [1.54, 1.807) is 0 Å². The summed E-state index contributed by atoms with van der Waals surface area (Å²) < 4.78 is 24.0. The van der Waals surface area contributed by atoms with Gasteiger partial charge in [-0.05, 0) is 12.5 Å². The average molecular weight is 296 g/mol. The fraction of sp³-hybridized carbons (Fsp3) is 0.357. The number of carbonyl (C=O) groups excluding carboxylic acids is 1. The van der Waals surface area contributed by atoms with Gasteiger partial charge >= 0.3 is 0 Å². The maximum Gasteiger partial charge on any atom is 0.235 e. The molecule has 20 heavy (non-hydrogen) atoms. The molecule has 1 aromatic carbocycles. The number of benzene rings is 1. The van der Waals surface area contributed by atoms with E-state index >= 15 is 0 Å². The minimum Gasteiger partial charge on any atom is -0.351 e. The molecule has 5 nitrogen and oxygen atoms in total. The molecule has 6 heteroatoms. The molecule has 0 atom stereocenters. The summed E-state index contributed by atoms with van der Waals surface area (Å²) in [4.78, 5) is 11.8. The van der Waals surface area contributed by atoms with Crippen molar-refractivity contribution in [2.24, 2.45) is 0 Å². The molecule has 0 aliphatic rings. The van der Waals surface area contributed by atoms with E-state index in [-0.39, 0.29) is 19.0 Å². The van der Waals surface area contributed by atoms with E-state index in [9.17, 15) is 13.2 Å². The summed E-state index contributed by atoms with van der Waals surface area (Å²) >= 11 is 0. The summed E-state index contributed by atoms with van der Waals surface area (Å²) in [6, 6.07) is 7.77. The summed E-state index contributed by atoms with van der Waals surface area (Å²) in [5, 5.41) is 2.71. The van der Waals surface area contributed by atoms with E-state index in [4.69, 9.17) is 0 Å². The third-order valence-electron chi connectivity index (χ3n) is 2.69. The van der Waals surface area contributed by atoms with Crippen molar-refractivity contribution < 1.29 is 13.2 Å². The first-order valence-corrected chi connectivity index (χ1v) is 8.06. The highest BCUT2D eigenvalue weighted by molar-refractivity contribution is 7.88. The van der Waals surface area contributed by atoms with Gasteiger partial charge in [0.15, 0.2) is 0 Å². The minimum absolute atomic E-state index is 0.122. The van der Waals surface area contributed by atoms with Crippen LogP contribution in [0.2, 0.25) is 0 Å². The maximum atomic E-state index is 11.8. The zero-order valence-corrected chi connectivity index (χ0v) is 12.6. The smallest absolute Gasteiger partial charge is 0.235 e. The Morgan fingerprint density at radius 2 is 2.15 bits per heavy atom. The molecule has 0 spiro atoms. The fourth-order valence-corrected chi connectivity index (χ4v) is 2.43. The van der Waals surface area contributed by atoms with Gasteiger partial charge in [0.2, 0.25) is 15.9 Å². The van der Waals surface area contributed by atoms with Gasteiger partial charge in [0.1, 0.15) is 0 Å². The highest BCUT2D eigenvalue weighted by Gasteiger charge is 2.18. The van der Waals surface area contributed by atoms with Gasteiger partial charge in [-0.15, -0.1) is 6.58 Å². The first-order valence-electron chi connectivity index (χ1n) is 6.21. The van der Waals surface area contributed by atoms with Crippen molar-refractivity contribution in [1.82, 2.24) is 9.62 Å². The van der Waals surface area contributed by atoms with E-state index in [0.717, 1.165) is 21.7 Å². The van der Waals surface area contributed by atoms with Crippen molar-refractivity contribution >= 4 is 15.9 Å². The summed E-state index contributed by atoms with van der Waals surface area (Å²) in [5.41, 5.74) is 2.09. The highest BCUT2D eigenvalue weighted by Crippen LogP contribution is 2.03. The summed E-state index contributed by atoms with van der Waals surface area (Å²) in [6.45, 7) is 5.76. The second kappa shape index (κ2) is 7.21. The number of carbonyl (C=O) groups is 1. The Bertz CT molecular complexity index is 582. The molecule has 110 valence electrons. The number of hydrogen-bond acceptors (Lipinski definition) is 3. The number of nitrogens with one attached hydrogen (secondary N) is 1. The van der Waals surface area contributed by atoms with Gasteiger partial charge in [-0.2, -0.15) is 4.31 Å². The van der Waals surface area contributed by atoms with Crippen molar-refractivity contribution in [3.8, 4) is 0 Å². The zero-order valence-electron chi connectivity index (χ0n) is 11.8. The van der Waals surface area contributed by atoms with Crippen molar-refractivity contribution in [3.05, 3.63) is 48.0 Å². The van der Waals surface area contributed by atoms with Gasteiger partial charge in [-0.3, -0.25) is 4.79 Å². The Morgan fingerprint density at radius 1 is 1.45 bits per heavy atom. The maximum absolute atomic E-state index is 11.8. The van der Waals surface area contributed by atoms with Crippen LogP contribution in [0.5, 0.6) is 0 Å². The summed E-state index contributed by atoms with van der Waals surface area (Å²) in [6.07, 6.45) is 2.53. The van der Waals surface area contributed by atoms with Crippen LogP contribution >= 0.6 is 0 Å². The quantitative estimate of drug-likeness (QED) is 0.765. The van der Waals surface area contributed by atoms with Crippen molar-refractivity contribution in [1.29, 1.82) is 0 Å². The number of nitrogens with zero attached hydrogens (tertiary/aromatic N) is 1. The molecule has 0 saturated carbocycles. The van der Waals surface area contributed by atoms with Gasteiger partial charge < -0.3 is 5.32 Å². The second-order valence-electron chi connectivity index (χ2n) is 4.61. The van der Waals surface area contributed by atoms with Crippen LogP contribution in [0.4, 0.5) is 0 Å². The van der Waals surface area contributed by atoms with E-state index in [1.165, 1.54) is 6.08 Å². The molecule has 0 unspecified atom stereocenters. The standard InChI is InChI=1S/C14H20N2O3S/c1-4-8-16(20(3,18)19)11-14(17)15-10-13-7-5-6-12(2)9-13/h4-7,9H,1,8,10-11H2,2-3H3,(H,15,17). The van der Waals surface area contributed by atoms with Crippen LogP contribution in [-0.2, 0) is 21.4 Å². The monoisotopic (exact) mass is 296 g/mol. The second-order valence-corrected chi connectivity index (χ2v) is 6.59. The van der Waals surface area contributed by atoms with Crippen LogP contribution in [0.3, 0.4) is 0 Å². The predicted molar refractivity (Wildman–Crippen MR) is 79.6 cm³/mol. The van der Waals surface area contributed by atoms with Crippen LogP contribution < -0.4 is 5.32 Å². The van der Waals surface area contributed by atoms with Crippen molar-refractivity contribution in [2.45, 2.75) is 13.5 Å². The van der Waals surface area contributed by atoms with E-state index in [0.29, 0.717) is 6.54 Å². The predicted octanol–water partition coefficient (Wildman–Crippen LogP) is 1.06. The Balaban J connectivity index is 2.56. The molecule has 0 aliphatic heterocycles. The molecular weight excluding hydrogens is 276 g/mol. The largest absolute Gasteiger partial charge is 0.351 e. The minimum atomic E-state index is -3.41. The first kappa shape index (κ1) is 16.4. The van der Waals surface area contributed by atoms with Crippen LogP contribution in [0.15, 0.2) is 36.9 Å².